The Kier molecular flexibility index (Phi) is 2.86. The summed E-state index contributed by atoms with van der Waals surface area (Å²) in [4.78, 5) is 19.4. The largest absolute Gasteiger partial charge is 0.481 e. The minimum Gasteiger partial charge on any atom is -0.481 e. The highest BCUT2D eigenvalue weighted by Crippen LogP contribution is 2.49. The first-order valence-electron chi connectivity index (χ1n) is 4.29. The van der Waals surface area contributed by atoms with Crippen LogP contribution >= 0.6 is 0 Å². The topological polar surface area (TPSA) is 74.6 Å². The van der Waals surface area contributed by atoms with Gasteiger partial charge in [0.1, 0.15) is 11.8 Å². The lowest BCUT2D eigenvalue weighted by atomic mass is 10.4. The summed E-state index contributed by atoms with van der Waals surface area (Å²) < 4.78 is 46.7. The Balaban J connectivity index is 0.000000160. The third kappa shape index (κ3) is 2.83. The van der Waals surface area contributed by atoms with Gasteiger partial charge in [0.25, 0.3) is 11.8 Å². The number of carboxylic acid groups (broad SMARTS) is 2. The van der Waals surface area contributed by atoms with Crippen molar-refractivity contribution in [1.82, 2.24) is 0 Å². The number of hydrogen-bond acceptors (Lipinski definition) is 2. The van der Waals surface area contributed by atoms with Crippen LogP contribution < -0.4 is 0 Å². The van der Waals surface area contributed by atoms with Crippen LogP contribution in [0.15, 0.2) is 0 Å². The molecule has 4 nitrogen and oxygen atoms in total. The molecule has 2 aliphatic rings. The standard InChI is InChI=1S/2C4H4F2O2/c2*5-4(6)1-2(4)3(7)8/h2*2H,1H2,(H,7,8)/t2-;/m0./s1. The molecule has 2 N–H and O–H groups in total. The van der Waals surface area contributed by atoms with Crippen LogP contribution in [0.2, 0.25) is 0 Å². The van der Waals surface area contributed by atoms with Crippen molar-refractivity contribution in [1.29, 1.82) is 0 Å². The second-order valence-corrected chi connectivity index (χ2v) is 3.71. The molecule has 2 rings (SSSR count). The first-order chi connectivity index (χ1) is 7.08. The van der Waals surface area contributed by atoms with Crippen molar-refractivity contribution in [2.45, 2.75) is 24.7 Å². The van der Waals surface area contributed by atoms with Gasteiger partial charge in [-0.2, -0.15) is 0 Å². The first kappa shape index (κ1) is 12.7. The molecule has 0 aliphatic heterocycles. The molecule has 1 unspecified atom stereocenters. The van der Waals surface area contributed by atoms with Crippen LogP contribution in [0.25, 0.3) is 0 Å². The Hall–Kier alpha value is -1.34. The third-order valence-electron chi connectivity index (χ3n) is 2.25. The molecule has 0 bridgehead atoms. The molecule has 0 heterocycles. The number of hydrogen-bond donors (Lipinski definition) is 2. The molecule has 2 saturated carbocycles. The maximum absolute atomic E-state index is 11.7. The molecule has 0 aromatic heterocycles. The average molecular weight is 244 g/mol. The molecule has 0 saturated heterocycles. The lowest BCUT2D eigenvalue weighted by Crippen LogP contribution is -2.04. The van der Waals surface area contributed by atoms with Crippen LogP contribution in [0, 0.1) is 11.8 Å². The van der Waals surface area contributed by atoms with E-state index in [2.05, 4.69) is 0 Å². The van der Waals surface area contributed by atoms with E-state index in [0.29, 0.717) is 0 Å². The highest BCUT2D eigenvalue weighted by atomic mass is 19.3. The van der Waals surface area contributed by atoms with Gasteiger partial charge in [-0.25, -0.2) is 17.6 Å². The molecular weight excluding hydrogens is 236 g/mol. The van der Waals surface area contributed by atoms with E-state index in [1.165, 1.54) is 0 Å². The van der Waals surface area contributed by atoms with Gasteiger partial charge in [0, 0.05) is 12.8 Å². The lowest BCUT2D eigenvalue weighted by Gasteiger charge is -1.86. The van der Waals surface area contributed by atoms with Crippen molar-refractivity contribution in [3.63, 3.8) is 0 Å². The summed E-state index contributed by atoms with van der Waals surface area (Å²) >= 11 is 0. The molecule has 0 spiro atoms. The van der Waals surface area contributed by atoms with Crippen molar-refractivity contribution in [2.75, 3.05) is 0 Å². The molecule has 16 heavy (non-hydrogen) atoms. The molecule has 2 aliphatic carbocycles. The number of carbonyl (C=O) groups is 2. The summed E-state index contributed by atoms with van der Waals surface area (Å²) in [5.74, 6) is -11.4. The summed E-state index contributed by atoms with van der Waals surface area (Å²) in [6.07, 6.45) is -0.968. The number of aliphatic carboxylic acids is 2. The Labute approximate surface area is 86.9 Å². The monoisotopic (exact) mass is 244 g/mol. The zero-order chi connectivity index (χ0) is 12.7. The van der Waals surface area contributed by atoms with Crippen molar-refractivity contribution < 1.29 is 37.4 Å². The van der Waals surface area contributed by atoms with Gasteiger partial charge in [0.15, 0.2) is 0 Å². The fourth-order valence-electron chi connectivity index (χ4n) is 0.962. The van der Waals surface area contributed by atoms with Gasteiger partial charge in [-0.3, -0.25) is 9.59 Å². The van der Waals surface area contributed by atoms with Gasteiger partial charge in [0.2, 0.25) is 0 Å². The van der Waals surface area contributed by atoms with Crippen LogP contribution in [0.3, 0.4) is 0 Å². The van der Waals surface area contributed by atoms with E-state index in [9.17, 15) is 27.2 Å². The highest BCUT2D eigenvalue weighted by Gasteiger charge is 2.62. The van der Waals surface area contributed by atoms with Crippen LogP contribution in [-0.4, -0.2) is 34.0 Å². The molecule has 0 radical (unpaired) electrons. The first-order valence-corrected chi connectivity index (χ1v) is 4.29. The van der Waals surface area contributed by atoms with Crippen LogP contribution in [0.1, 0.15) is 12.8 Å². The van der Waals surface area contributed by atoms with E-state index >= 15 is 0 Å². The molecule has 0 aromatic rings. The fraction of sp³-hybridized carbons (Fsp3) is 0.750. The predicted molar refractivity (Wildman–Crippen MR) is 41.4 cm³/mol. The summed E-state index contributed by atoms with van der Waals surface area (Å²) in [7, 11) is 0. The molecule has 0 aromatic carbocycles. The van der Waals surface area contributed by atoms with E-state index in [1.807, 2.05) is 0 Å². The van der Waals surface area contributed by atoms with Gasteiger partial charge >= 0.3 is 11.9 Å². The smallest absolute Gasteiger partial charge is 0.312 e. The van der Waals surface area contributed by atoms with Crippen molar-refractivity contribution in [3.05, 3.63) is 0 Å². The maximum Gasteiger partial charge on any atom is 0.312 e. The van der Waals surface area contributed by atoms with Gasteiger partial charge in [0.05, 0.1) is 0 Å². The molecule has 8 heteroatoms. The van der Waals surface area contributed by atoms with Gasteiger partial charge < -0.3 is 10.2 Å². The Bertz CT molecular complexity index is 296. The number of rotatable bonds is 2. The average Bonchev–Trinajstić information content (AvgIpc) is 2.89. The predicted octanol–water partition coefficient (Wildman–Crippen LogP) is 1.45. The number of alkyl halides is 4. The van der Waals surface area contributed by atoms with E-state index in [1.54, 1.807) is 0 Å². The third-order valence-corrected chi connectivity index (χ3v) is 2.25. The number of carboxylic acids is 2. The Morgan fingerprint density at radius 3 is 1.06 bits per heavy atom. The zero-order valence-electron chi connectivity index (χ0n) is 7.79. The minimum absolute atomic E-state index is 0.484. The van der Waals surface area contributed by atoms with E-state index in [4.69, 9.17) is 10.2 Å². The molecule has 92 valence electrons. The molecule has 0 amide bonds. The SMILES string of the molecule is O=C(O)C1CC1(F)F.O=C(O)[C@@H]1CC1(F)F. The summed E-state index contributed by atoms with van der Waals surface area (Å²) in [5, 5.41) is 15.8. The quantitative estimate of drug-likeness (QED) is 0.721. The lowest BCUT2D eigenvalue weighted by molar-refractivity contribution is -0.142. The van der Waals surface area contributed by atoms with Crippen LogP contribution in [-0.2, 0) is 9.59 Å². The van der Waals surface area contributed by atoms with E-state index in [0.717, 1.165) is 0 Å². The van der Waals surface area contributed by atoms with E-state index < -0.39 is 48.5 Å². The molecule has 2 fully saturated rings. The minimum atomic E-state index is -2.91. The van der Waals surface area contributed by atoms with Crippen molar-refractivity contribution in [2.24, 2.45) is 11.8 Å². The van der Waals surface area contributed by atoms with Gasteiger partial charge in [-0.1, -0.05) is 0 Å². The maximum atomic E-state index is 11.7. The second kappa shape index (κ2) is 3.60. The fourth-order valence-corrected chi connectivity index (χ4v) is 0.962. The number of halogens is 4. The second-order valence-electron chi connectivity index (χ2n) is 3.71. The summed E-state index contributed by atoms with van der Waals surface area (Å²) in [6.45, 7) is 0. The van der Waals surface area contributed by atoms with E-state index in [-0.39, 0.29) is 0 Å². The van der Waals surface area contributed by atoms with Crippen molar-refractivity contribution >= 4 is 11.9 Å². The normalized spacial score (nSPS) is 32.0. The molecular formula is C8H8F4O4. The van der Waals surface area contributed by atoms with Gasteiger partial charge in [-0.15, -0.1) is 0 Å². The zero-order valence-corrected chi connectivity index (χ0v) is 7.79. The molecule has 2 atom stereocenters. The van der Waals surface area contributed by atoms with Gasteiger partial charge in [-0.05, 0) is 0 Å². The van der Waals surface area contributed by atoms with Crippen LogP contribution in [0.5, 0.6) is 0 Å². The van der Waals surface area contributed by atoms with Crippen LogP contribution in [0.4, 0.5) is 17.6 Å². The Morgan fingerprint density at radius 2 is 1.06 bits per heavy atom. The van der Waals surface area contributed by atoms with Crippen molar-refractivity contribution in [3.8, 4) is 0 Å². The Morgan fingerprint density at radius 1 is 0.875 bits per heavy atom. The summed E-state index contributed by atoms with van der Waals surface area (Å²) in [5.41, 5.74) is 0. The highest BCUT2D eigenvalue weighted by molar-refractivity contribution is 5.75. The summed E-state index contributed by atoms with van der Waals surface area (Å²) in [6, 6.07) is 0.